The Balaban J connectivity index is 2.06. The molecule has 1 heterocycles. The third kappa shape index (κ3) is 6.43. The molecule has 7 nitrogen and oxygen atoms in total. The molecule has 1 fully saturated rings. The number of halogens is 1. The summed E-state index contributed by atoms with van der Waals surface area (Å²) in [5.41, 5.74) is 0.187. The highest BCUT2D eigenvalue weighted by molar-refractivity contribution is 6.30. The van der Waals surface area contributed by atoms with Crippen LogP contribution in [-0.2, 0) is 25.6 Å². The topological polar surface area (TPSA) is 84.9 Å². The van der Waals surface area contributed by atoms with E-state index in [2.05, 4.69) is 5.32 Å². The minimum Gasteiger partial charge on any atom is -0.461 e. The van der Waals surface area contributed by atoms with Gasteiger partial charge in [0.2, 0.25) is 5.91 Å². The van der Waals surface area contributed by atoms with Gasteiger partial charge < -0.3 is 14.8 Å². The van der Waals surface area contributed by atoms with Crippen LogP contribution in [0.5, 0.6) is 0 Å². The number of likely N-dealkylation sites (tertiary alicyclic amines) is 1. The van der Waals surface area contributed by atoms with Crippen LogP contribution in [0.15, 0.2) is 24.3 Å². The van der Waals surface area contributed by atoms with Crippen LogP contribution in [0, 0.1) is 0 Å². The predicted octanol–water partition coefficient (Wildman–Crippen LogP) is 2.90. The Kier molecular flexibility index (Phi) is 6.70. The Hall–Kier alpha value is -2.28. The Morgan fingerprint density at radius 2 is 1.85 bits per heavy atom. The van der Waals surface area contributed by atoms with Gasteiger partial charge in [-0.3, -0.25) is 14.5 Å². The lowest BCUT2D eigenvalue weighted by molar-refractivity contribution is -0.145. The first-order valence-corrected chi connectivity index (χ1v) is 9.12. The Bertz CT molecular complexity index is 699. The van der Waals surface area contributed by atoms with Gasteiger partial charge in [-0.1, -0.05) is 23.7 Å². The first kappa shape index (κ1) is 21.0. The molecule has 1 aliphatic rings. The SMILES string of the molecule is CC(=O)OC1CC(C(=O)NCc2ccc(Cl)cc2)N(C(=O)OC(C)(C)C)C1. The molecule has 1 aromatic rings. The number of hydrogen-bond donors (Lipinski definition) is 1. The lowest BCUT2D eigenvalue weighted by atomic mass is 10.1. The molecular formula is C19H25ClN2O5. The maximum absolute atomic E-state index is 12.7. The molecule has 1 aliphatic heterocycles. The summed E-state index contributed by atoms with van der Waals surface area (Å²) in [4.78, 5) is 37.7. The Morgan fingerprint density at radius 3 is 2.41 bits per heavy atom. The normalized spacial score (nSPS) is 19.5. The van der Waals surface area contributed by atoms with Crippen molar-refractivity contribution in [2.75, 3.05) is 6.54 Å². The fourth-order valence-corrected chi connectivity index (χ4v) is 2.92. The summed E-state index contributed by atoms with van der Waals surface area (Å²) in [5, 5.41) is 3.42. The molecule has 2 amide bonds. The van der Waals surface area contributed by atoms with Crippen LogP contribution in [-0.4, -0.2) is 47.2 Å². The van der Waals surface area contributed by atoms with E-state index in [1.165, 1.54) is 11.8 Å². The molecule has 27 heavy (non-hydrogen) atoms. The van der Waals surface area contributed by atoms with E-state index in [4.69, 9.17) is 21.1 Å². The average molecular weight is 397 g/mol. The smallest absolute Gasteiger partial charge is 0.411 e. The molecule has 0 radical (unpaired) electrons. The summed E-state index contributed by atoms with van der Waals surface area (Å²) in [6.45, 7) is 6.96. The number of esters is 1. The van der Waals surface area contributed by atoms with Crippen molar-refractivity contribution < 1.29 is 23.9 Å². The zero-order chi connectivity index (χ0) is 20.2. The van der Waals surface area contributed by atoms with Gasteiger partial charge in [-0.15, -0.1) is 0 Å². The maximum Gasteiger partial charge on any atom is 0.411 e. The van der Waals surface area contributed by atoms with Gasteiger partial charge in [-0.25, -0.2) is 4.79 Å². The van der Waals surface area contributed by atoms with E-state index < -0.39 is 29.8 Å². The lowest BCUT2D eigenvalue weighted by Crippen LogP contribution is -2.47. The van der Waals surface area contributed by atoms with Gasteiger partial charge >= 0.3 is 12.1 Å². The number of nitrogens with zero attached hydrogens (tertiary/aromatic N) is 1. The summed E-state index contributed by atoms with van der Waals surface area (Å²) in [6, 6.07) is 6.33. The van der Waals surface area contributed by atoms with Gasteiger partial charge in [0.25, 0.3) is 0 Å². The van der Waals surface area contributed by atoms with Crippen molar-refractivity contribution in [1.29, 1.82) is 0 Å². The van der Waals surface area contributed by atoms with Gasteiger partial charge in [-0.05, 0) is 38.5 Å². The predicted molar refractivity (Wildman–Crippen MR) is 100 cm³/mol. The van der Waals surface area contributed by atoms with E-state index in [-0.39, 0.29) is 18.9 Å². The van der Waals surface area contributed by atoms with Crippen molar-refractivity contribution in [2.24, 2.45) is 0 Å². The van der Waals surface area contributed by atoms with E-state index in [0.29, 0.717) is 11.6 Å². The standard InChI is InChI=1S/C19H25ClN2O5/c1-12(23)26-15-9-16(22(11-15)18(25)27-19(2,3)4)17(24)21-10-13-5-7-14(20)8-6-13/h5-8,15-16H,9-11H2,1-4H3,(H,21,24). The van der Waals surface area contributed by atoms with Crippen LogP contribution in [0.3, 0.4) is 0 Å². The molecular weight excluding hydrogens is 372 g/mol. The minimum atomic E-state index is -0.767. The molecule has 0 aliphatic carbocycles. The third-order valence-corrected chi connectivity index (χ3v) is 4.16. The molecule has 148 valence electrons. The van der Waals surface area contributed by atoms with Crippen LogP contribution in [0.1, 0.15) is 39.7 Å². The quantitative estimate of drug-likeness (QED) is 0.791. The van der Waals surface area contributed by atoms with Crippen molar-refractivity contribution >= 4 is 29.6 Å². The summed E-state index contributed by atoms with van der Waals surface area (Å²) in [5.74, 6) is -0.781. The number of nitrogens with one attached hydrogen (secondary N) is 1. The largest absolute Gasteiger partial charge is 0.461 e. The van der Waals surface area contributed by atoms with E-state index >= 15 is 0 Å². The molecule has 1 saturated heterocycles. The molecule has 0 spiro atoms. The summed E-state index contributed by atoms with van der Waals surface area (Å²) in [7, 11) is 0. The molecule has 0 aromatic heterocycles. The second kappa shape index (κ2) is 8.61. The zero-order valence-corrected chi connectivity index (χ0v) is 16.7. The number of carbonyl (C=O) groups is 3. The van der Waals surface area contributed by atoms with Gasteiger partial charge in [0.15, 0.2) is 0 Å². The number of hydrogen-bond acceptors (Lipinski definition) is 5. The highest BCUT2D eigenvalue weighted by atomic mass is 35.5. The number of carbonyl (C=O) groups excluding carboxylic acids is 3. The van der Waals surface area contributed by atoms with Crippen LogP contribution >= 0.6 is 11.6 Å². The summed E-state index contributed by atoms with van der Waals surface area (Å²) < 4.78 is 10.6. The fourth-order valence-electron chi connectivity index (χ4n) is 2.80. The highest BCUT2D eigenvalue weighted by Gasteiger charge is 2.42. The summed E-state index contributed by atoms with van der Waals surface area (Å²) >= 11 is 5.86. The third-order valence-electron chi connectivity index (χ3n) is 3.91. The number of ether oxygens (including phenoxy) is 2. The second-order valence-electron chi connectivity index (χ2n) is 7.46. The molecule has 8 heteroatoms. The molecule has 2 rings (SSSR count). The van der Waals surface area contributed by atoms with Gasteiger partial charge in [0.05, 0.1) is 6.54 Å². The van der Waals surface area contributed by atoms with Crippen LogP contribution < -0.4 is 5.32 Å². The second-order valence-corrected chi connectivity index (χ2v) is 7.90. The van der Waals surface area contributed by atoms with E-state index in [9.17, 15) is 14.4 Å². The van der Waals surface area contributed by atoms with E-state index in [1.54, 1.807) is 32.9 Å². The van der Waals surface area contributed by atoms with E-state index in [1.807, 2.05) is 12.1 Å². The number of amides is 2. The molecule has 0 bridgehead atoms. The van der Waals surface area contributed by atoms with Crippen molar-refractivity contribution in [3.05, 3.63) is 34.9 Å². The fraction of sp³-hybridized carbons (Fsp3) is 0.526. The number of benzene rings is 1. The lowest BCUT2D eigenvalue weighted by Gasteiger charge is -2.27. The van der Waals surface area contributed by atoms with Crippen LogP contribution in [0.2, 0.25) is 5.02 Å². The zero-order valence-electron chi connectivity index (χ0n) is 16.0. The van der Waals surface area contributed by atoms with Gasteiger partial charge in [0, 0.05) is 24.9 Å². The Morgan fingerprint density at radius 1 is 1.22 bits per heavy atom. The highest BCUT2D eigenvalue weighted by Crippen LogP contribution is 2.24. The molecule has 2 unspecified atom stereocenters. The first-order chi connectivity index (χ1) is 12.5. The van der Waals surface area contributed by atoms with Crippen LogP contribution in [0.25, 0.3) is 0 Å². The average Bonchev–Trinajstić information content (AvgIpc) is 2.96. The van der Waals surface area contributed by atoms with Crippen molar-refractivity contribution in [1.82, 2.24) is 10.2 Å². The summed E-state index contributed by atoms with van der Waals surface area (Å²) in [6.07, 6.45) is -0.921. The van der Waals surface area contributed by atoms with Crippen molar-refractivity contribution in [3.8, 4) is 0 Å². The molecule has 1 N–H and O–H groups in total. The molecule has 2 atom stereocenters. The van der Waals surface area contributed by atoms with Crippen molar-refractivity contribution in [2.45, 2.75) is 58.4 Å². The number of rotatable bonds is 4. The molecule has 1 aromatic carbocycles. The van der Waals surface area contributed by atoms with E-state index in [0.717, 1.165) is 5.56 Å². The monoisotopic (exact) mass is 396 g/mol. The Labute approximate surface area is 163 Å². The van der Waals surface area contributed by atoms with Gasteiger partial charge in [0.1, 0.15) is 17.7 Å². The maximum atomic E-state index is 12.7. The first-order valence-electron chi connectivity index (χ1n) is 8.74. The van der Waals surface area contributed by atoms with Gasteiger partial charge in [-0.2, -0.15) is 0 Å². The van der Waals surface area contributed by atoms with Crippen LogP contribution in [0.4, 0.5) is 4.79 Å². The molecule has 0 saturated carbocycles. The van der Waals surface area contributed by atoms with Crippen molar-refractivity contribution in [3.63, 3.8) is 0 Å². The minimum absolute atomic E-state index is 0.119.